The Morgan fingerprint density at radius 3 is 2.20 bits per heavy atom. The quantitative estimate of drug-likeness (QED) is 0.346. The largest absolute Gasteiger partial charge is 0.496 e. The van der Waals surface area contributed by atoms with Crippen molar-refractivity contribution in [3.05, 3.63) is 70.8 Å². The van der Waals surface area contributed by atoms with Crippen molar-refractivity contribution in [2.75, 3.05) is 7.11 Å². The number of aromatic carboxylic acids is 1. The molecule has 0 aliphatic heterocycles. The van der Waals surface area contributed by atoms with Crippen LogP contribution >= 0.6 is 0 Å². The van der Waals surface area contributed by atoms with Gasteiger partial charge in [0.15, 0.2) is 5.78 Å². The van der Waals surface area contributed by atoms with Crippen LogP contribution in [0.1, 0.15) is 44.7 Å². The molecule has 0 fully saturated rings. The molecular formula is C22H20O8. The molecule has 0 unspecified atom stereocenters. The first-order chi connectivity index (χ1) is 14.3. The van der Waals surface area contributed by atoms with Gasteiger partial charge in [-0.2, -0.15) is 0 Å². The number of ether oxygens (including phenoxy) is 2. The minimum Gasteiger partial charge on any atom is -0.496 e. The second kappa shape index (κ2) is 10.6. The number of ketones is 1. The third-order valence-corrected chi connectivity index (χ3v) is 4.07. The Hall–Kier alpha value is -3.94. The van der Waals surface area contributed by atoms with Crippen LogP contribution < -0.4 is 4.74 Å². The summed E-state index contributed by atoms with van der Waals surface area (Å²) in [5, 5.41) is 17.5. The first kappa shape index (κ1) is 22.4. The number of rotatable bonds is 10. The molecule has 0 saturated carbocycles. The summed E-state index contributed by atoms with van der Waals surface area (Å²) < 4.78 is 10.3. The maximum absolute atomic E-state index is 12.3. The van der Waals surface area contributed by atoms with Gasteiger partial charge < -0.3 is 19.7 Å². The highest BCUT2D eigenvalue weighted by atomic mass is 16.5. The lowest BCUT2D eigenvalue weighted by molar-refractivity contribution is -0.148. The van der Waals surface area contributed by atoms with E-state index in [1.54, 1.807) is 24.3 Å². The highest BCUT2D eigenvalue weighted by molar-refractivity contribution is 6.07. The van der Waals surface area contributed by atoms with Crippen LogP contribution in [0.4, 0.5) is 0 Å². The maximum atomic E-state index is 12.3. The first-order valence-electron chi connectivity index (χ1n) is 8.90. The zero-order chi connectivity index (χ0) is 22.1. The molecule has 0 aromatic heterocycles. The third kappa shape index (κ3) is 6.59. The third-order valence-electron chi connectivity index (χ3n) is 4.07. The fourth-order valence-corrected chi connectivity index (χ4v) is 2.47. The van der Waals surface area contributed by atoms with Crippen LogP contribution in [0.3, 0.4) is 0 Å². The molecule has 2 aromatic rings. The van der Waals surface area contributed by atoms with Crippen LogP contribution in [0, 0.1) is 0 Å². The molecule has 0 spiro atoms. The smallest absolute Gasteiger partial charge is 0.335 e. The Morgan fingerprint density at radius 1 is 0.933 bits per heavy atom. The Labute approximate surface area is 172 Å². The molecule has 0 aliphatic carbocycles. The van der Waals surface area contributed by atoms with Crippen LogP contribution in [0.5, 0.6) is 5.75 Å². The van der Waals surface area contributed by atoms with E-state index in [1.807, 2.05) is 0 Å². The molecule has 0 aliphatic rings. The summed E-state index contributed by atoms with van der Waals surface area (Å²) in [7, 11) is 1.46. The van der Waals surface area contributed by atoms with Gasteiger partial charge in [-0.3, -0.25) is 14.4 Å². The van der Waals surface area contributed by atoms with Gasteiger partial charge in [0.2, 0.25) is 0 Å². The number of carbonyl (C=O) groups is 4. The molecule has 0 amide bonds. The monoisotopic (exact) mass is 412 g/mol. The molecule has 156 valence electrons. The Morgan fingerprint density at radius 2 is 1.60 bits per heavy atom. The average molecular weight is 412 g/mol. The van der Waals surface area contributed by atoms with E-state index >= 15 is 0 Å². The summed E-state index contributed by atoms with van der Waals surface area (Å²) in [4.78, 5) is 45.1. The first-order valence-corrected chi connectivity index (χ1v) is 8.90. The van der Waals surface area contributed by atoms with E-state index in [0.29, 0.717) is 22.4 Å². The minimum absolute atomic E-state index is 0.0341. The Balaban J connectivity index is 2.03. The van der Waals surface area contributed by atoms with Gasteiger partial charge >= 0.3 is 17.9 Å². The number of carboxylic acids is 2. The van der Waals surface area contributed by atoms with Crippen LogP contribution in [0.2, 0.25) is 0 Å². The average Bonchev–Trinajstić information content (AvgIpc) is 2.74. The molecule has 2 rings (SSSR count). The predicted molar refractivity (Wildman–Crippen MR) is 106 cm³/mol. The van der Waals surface area contributed by atoms with Crippen molar-refractivity contribution in [2.45, 2.75) is 19.4 Å². The molecule has 30 heavy (non-hydrogen) atoms. The van der Waals surface area contributed by atoms with Crippen molar-refractivity contribution >= 4 is 29.8 Å². The Bertz CT molecular complexity index is 973. The second-order valence-electron chi connectivity index (χ2n) is 6.21. The molecule has 2 N–H and O–H groups in total. The van der Waals surface area contributed by atoms with Gasteiger partial charge in [0, 0.05) is 11.1 Å². The van der Waals surface area contributed by atoms with E-state index in [0.717, 1.165) is 0 Å². The lowest BCUT2D eigenvalue weighted by atomic mass is 10.1. The van der Waals surface area contributed by atoms with Crippen molar-refractivity contribution in [1.29, 1.82) is 0 Å². The van der Waals surface area contributed by atoms with Crippen molar-refractivity contribution in [3.8, 4) is 5.75 Å². The predicted octanol–water partition coefficient (Wildman–Crippen LogP) is 3.20. The van der Waals surface area contributed by atoms with E-state index in [9.17, 15) is 19.2 Å². The van der Waals surface area contributed by atoms with Crippen molar-refractivity contribution < 1.29 is 38.9 Å². The summed E-state index contributed by atoms with van der Waals surface area (Å²) in [6.07, 6.45) is 2.41. The second-order valence-corrected chi connectivity index (χ2v) is 6.21. The number of hydrogen-bond acceptors (Lipinski definition) is 6. The van der Waals surface area contributed by atoms with E-state index in [-0.39, 0.29) is 30.8 Å². The topological polar surface area (TPSA) is 127 Å². The lowest BCUT2D eigenvalue weighted by Gasteiger charge is -2.09. The van der Waals surface area contributed by atoms with E-state index in [4.69, 9.17) is 19.7 Å². The van der Waals surface area contributed by atoms with Gasteiger partial charge in [-0.1, -0.05) is 24.3 Å². The maximum Gasteiger partial charge on any atom is 0.335 e. The molecule has 2 aromatic carbocycles. The molecule has 8 heteroatoms. The summed E-state index contributed by atoms with van der Waals surface area (Å²) in [5.74, 6) is -2.59. The zero-order valence-electron chi connectivity index (χ0n) is 16.2. The number of carbonyl (C=O) groups excluding carboxylic acids is 2. The number of methoxy groups -OCH3 is 1. The standard InChI is InChI=1S/C22H20O8/c1-29-19-12-14(13-30-21(26)11-10-20(24)25)2-3-16(19)8-9-18(23)15-4-6-17(7-5-15)22(27)28/h2-9,12H,10-11,13H2,1H3,(H,24,25)(H,27,28). The number of allylic oxidation sites excluding steroid dienone is 1. The van der Waals surface area contributed by atoms with Gasteiger partial charge in [0.25, 0.3) is 0 Å². The summed E-state index contributed by atoms with van der Waals surface area (Å²) in [6, 6.07) is 10.6. The van der Waals surface area contributed by atoms with Crippen molar-refractivity contribution in [1.82, 2.24) is 0 Å². The van der Waals surface area contributed by atoms with Crippen LogP contribution in [0.15, 0.2) is 48.5 Å². The SMILES string of the molecule is COc1cc(COC(=O)CCC(=O)O)ccc1C=CC(=O)c1ccc(C(=O)O)cc1. The van der Waals surface area contributed by atoms with Gasteiger partial charge in [-0.05, 0) is 35.9 Å². The Kier molecular flexibility index (Phi) is 7.87. The molecular weight excluding hydrogens is 392 g/mol. The van der Waals surface area contributed by atoms with Gasteiger partial charge in [-0.15, -0.1) is 0 Å². The number of benzene rings is 2. The normalized spacial score (nSPS) is 10.6. The highest BCUT2D eigenvalue weighted by Crippen LogP contribution is 2.22. The zero-order valence-corrected chi connectivity index (χ0v) is 16.2. The summed E-state index contributed by atoms with van der Waals surface area (Å²) in [6.45, 7) is -0.0341. The fraction of sp³-hybridized carbons (Fsp3) is 0.182. The van der Waals surface area contributed by atoms with Gasteiger partial charge in [0.05, 0.1) is 25.5 Å². The number of aliphatic carboxylic acids is 1. The van der Waals surface area contributed by atoms with Crippen LogP contribution in [-0.2, 0) is 20.9 Å². The molecule has 0 saturated heterocycles. The van der Waals surface area contributed by atoms with Crippen molar-refractivity contribution in [2.24, 2.45) is 0 Å². The lowest BCUT2D eigenvalue weighted by Crippen LogP contribution is -2.07. The van der Waals surface area contributed by atoms with E-state index < -0.39 is 17.9 Å². The van der Waals surface area contributed by atoms with Crippen LogP contribution in [-0.4, -0.2) is 41.0 Å². The number of esters is 1. The number of carboxylic acid groups (broad SMARTS) is 2. The van der Waals surface area contributed by atoms with Gasteiger partial charge in [-0.25, -0.2) is 4.79 Å². The van der Waals surface area contributed by atoms with E-state index in [1.165, 1.54) is 37.5 Å². The summed E-state index contributed by atoms with van der Waals surface area (Å²) >= 11 is 0. The molecule has 0 radical (unpaired) electrons. The van der Waals surface area contributed by atoms with Crippen LogP contribution in [0.25, 0.3) is 6.08 Å². The summed E-state index contributed by atoms with van der Waals surface area (Å²) in [5.41, 5.74) is 1.70. The minimum atomic E-state index is -1.07. The molecule has 0 atom stereocenters. The number of hydrogen-bond donors (Lipinski definition) is 2. The van der Waals surface area contributed by atoms with E-state index in [2.05, 4.69) is 0 Å². The molecule has 0 heterocycles. The fourth-order valence-electron chi connectivity index (χ4n) is 2.47. The van der Waals surface area contributed by atoms with Gasteiger partial charge in [0.1, 0.15) is 12.4 Å². The molecule has 0 bridgehead atoms. The van der Waals surface area contributed by atoms with Crippen molar-refractivity contribution in [3.63, 3.8) is 0 Å². The molecule has 8 nitrogen and oxygen atoms in total. The highest BCUT2D eigenvalue weighted by Gasteiger charge is 2.09.